The molecule has 12 rings (SSSR count). The molecule has 326 valence electrons. The molecular weight excluding hydrogens is 869 g/mol. The SMILES string of the molecule is [2H]c1c([2H])c(-c2nc(-c3ccccc3)nc(-n3c4ccccc4c4ccccc43)n2)c([2H])c([Si](c2ccccc2)(c2ccccc2)c2cccc([Si](c3ccccc3)(c3ccccc3)c3ccccc3)c2)c1[2H]. The molecule has 0 bridgehead atoms. The van der Waals surface area contributed by atoms with Crippen LogP contribution < -0.4 is 41.5 Å². The van der Waals surface area contributed by atoms with E-state index in [-0.39, 0.29) is 35.6 Å². The predicted octanol–water partition coefficient (Wildman–Crippen LogP) is 9.06. The average Bonchev–Trinajstić information content (AvgIpc) is 3.80. The number of nitrogens with zero attached hydrogens (tertiary/aromatic N) is 4. The molecule has 10 aromatic carbocycles. The minimum Gasteiger partial charge on any atom is -0.278 e. The van der Waals surface area contributed by atoms with E-state index >= 15 is 0 Å². The lowest BCUT2D eigenvalue weighted by atomic mass is 10.2. The summed E-state index contributed by atoms with van der Waals surface area (Å²) in [4.78, 5) is 15.5. The molecule has 0 aliphatic rings. The maximum absolute atomic E-state index is 10.7. The normalized spacial score (nSPS) is 12.6. The van der Waals surface area contributed by atoms with Crippen LogP contribution in [0.1, 0.15) is 5.48 Å². The molecule has 2 heterocycles. The van der Waals surface area contributed by atoms with Crippen LogP contribution in [0, 0.1) is 0 Å². The highest BCUT2D eigenvalue weighted by Crippen LogP contribution is 2.32. The van der Waals surface area contributed by atoms with Crippen molar-refractivity contribution in [2.45, 2.75) is 0 Å². The van der Waals surface area contributed by atoms with Crippen molar-refractivity contribution >= 4 is 79.4 Å². The van der Waals surface area contributed by atoms with Gasteiger partial charge in [-0.05, 0) is 53.6 Å². The summed E-state index contributed by atoms with van der Waals surface area (Å²) < 4.78 is 42.6. The quantitative estimate of drug-likeness (QED) is 0.0962. The summed E-state index contributed by atoms with van der Waals surface area (Å²) in [7, 11) is -6.97. The Hall–Kier alpha value is -8.56. The molecule has 0 amide bonds. The maximum atomic E-state index is 10.7. The first kappa shape index (κ1) is 37.5. The molecule has 0 saturated carbocycles. The van der Waals surface area contributed by atoms with Gasteiger partial charge in [-0.15, -0.1) is 0 Å². The van der Waals surface area contributed by atoms with E-state index in [2.05, 4.69) is 152 Å². The molecule has 6 heteroatoms. The third-order valence-electron chi connectivity index (χ3n) is 13.4. The highest BCUT2D eigenvalue weighted by molar-refractivity contribution is 7.22. The van der Waals surface area contributed by atoms with E-state index in [4.69, 9.17) is 15.0 Å². The van der Waals surface area contributed by atoms with E-state index in [1.54, 1.807) is 0 Å². The van der Waals surface area contributed by atoms with E-state index in [9.17, 15) is 5.48 Å². The van der Waals surface area contributed by atoms with Crippen LogP contribution >= 0.6 is 0 Å². The van der Waals surface area contributed by atoms with Crippen LogP contribution in [0.5, 0.6) is 0 Å². The van der Waals surface area contributed by atoms with Crippen molar-refractivity contribution in [3.8, 4) is 28.7 Å². The molecule has 2 aromatic heterocycles. The molecule has 69 heavy (non-hydrogen) atoms. The summed E-state index contributed by atoms with van der Waals surface area (Å²) in [5.41, 5.74) is 2.58. The van der Waals surface area contributed by atoms with Crippen LogP contribution in [0.15, 0.2) is 279 Å². The van der Waals surface area contributed by atoms with Crippen LogP contribution in [0.2, 0.25) is 0 Å². The fourth-order valence-electron chi connectivity index (χ4n) is 10.4. The van der Waals surface area contributed by atoms with Crippen molar-refractivity contribution in [3.05, 3.63) is 279 Å². The standard InChI is InChI=1S/C63H46N4Si2/c1-7-25-47(26-8-1)61-64-62(66-63(65-61)67-59-43-21-19-41-57(59)58-42-20-22-44-60(58)67)48-27-23-38-54(45-48)69(52-34-15-5-16-35-52,53-36-17-6-18-37-53)56-40-24-39-55(46-56)68(49-28-9-2-10-29-49,50-30-11-3-12-31-50)51-32-13-4-14-33-51/h1-46H/i23D,27D,38D,45D. The summed E-state index contributed by atoms with van der Waals surface area (Å²) in [5.74, 6) is 0.752. The van der Waals surface area contributed by atoms with Gasteiger partial charge >= 0.3 is 0 Å². The second kappa shape index (κ2) is 17.9. The zero-order valence-corrected chi connectivity index (χ0v) is 39.5. The van der Waals surface area contributed by atoms with Gasteiger partial charge in [0.2, 0.25) is 5.95 Å². The highest BCUT2D eigenvalue weighted by atomic mass is 28.3. The van der Waals surface area contributed by atoms with Gasteiger partial charge in [-0.3, -0.25) is 4.57 Å². The Balaban J connectivity index is 1.20. The number of rotatable bonds is 11. The number of para-hydroxylation sites is 2. The molecule has 0 spiro atoms. The minimum atomic E-state index is -3.87. The monoisotopic (exact) mass is 918 g/mol. The van der Waals surface area contributed by atoms with Crippen LogP contribution in [0.3, 0.4) is 0 Å². The third-order valence-corrected chi connectivity index (χ3v) is 22.8. The van der Waals surface area contributed by atoms with E-state index < -0.39 is 16.1 Å². The number of fused-ring (bicyclic) bond motifs is 3. The van der Waals surface area contributed by atoms with Crippen LogP contribution in [0.25, 0.3) is 50.5 Å². The van der Waals surface area contributed by atoms with Crippen molar-refractivity contribution in [1.29, 1.82) is 0 Å². The molecule has 0 aliphatic heterocycles. The molecule has 0 saturated heterocycles. The lowest BCUT2D eigenvalue weighted by Crippen LogP contribution is -2.77. The fraction of sp³-hybridized carbons (Fsp3) is 0. The maximum Gasteiger partial charge on any atom is 0.238 e. The minimum absolute atomic E-state index is 0.0631. The summed E-state index contributed by atoms with van der Waals surface area (Å²) in [6.07, 6.45) is 0. The zero-order chi connectivity index (χ0) is 49.5. The fourth-order valence-corrected chi connectivity index (χ4v) is 19.9. The van der Waals surface area contributed by atoms with Crippen molar-refractivity contribution in [1.82, 2.24) is 19.5 Å². The summed E-state index contributed by atoms with van der Waals surface area (Å²) in [6.45, 7) is 0. The van der Waals surface area contributed by atoms with Crippen molar-refractivity contribution < 1.29 is 5.48 Å². The zero-order valence-electron chi connectivity index (χ0n) is 41.5. The summed E-state index contributed by atoms with van der Waals surface area (Å²) in [5, 5.41) is 10.0. The van der Waals surface area contributed by atoms with Crippen molar-refractivity contribution in [2.24, 2.45) is 0 Å². The first-order chi connectivity index (χ1) is 35.9. The Morgan fingerprint density at radius 2 is 0.681 bits per heavy atom. The van der Waals surface area contributed by atoms with Crippen LogP contribution in [-0.4, -0.2) is 35.7 Å². The van der Waals surface area contributed by atoms with Gasteiger partial charge in [0.25, 0.3) is 0 Å². The molecule has 0 fully saturated rings. The first-order valence-electron chi connectivity index (χ1n) is 25.2. The van der Waals surface area contributed by atoms with E-state index in [0.29, 0.717) is 17.0 Å². The highest BCUT2D eigenvalue weighted by Gasteiger charge is 2.45. The van der Waals surface area contributed by atoms with Gasteiger partial charge in [0.15, 0.2) is 27.8 Å². The van der Waals surface area contributed by atoms with E-state index in [0.717, 1.165) is 48.1 Å². The lowest BCUT2D eigenvalue weighted by molar-refractivity contribution is 0.953. The third kappa shape index (κ3) is 7.17. The molecule has 4 nitrogen and oxygen atoms in total. The number of hydrogen-bond donors (Lipinski definition) is 0. The molecule has 0 atom stereocenters. The van der Waals surface area contributed by atoms with Gasteiger partial charge in [0.1, 0.15) is 0 Å². The Morgan fingerprint density at radius 3 is 1.13 bits per heavy atom. The molecule has 0 unspecified atom stereocenters. The lowest BCUT2D eigenvalue weighted by Gasteiger charge is -2.38. The smallest absolute Gasteiger partial charge is 0.238 e. The van der Waals surface area contributed by atoms with Crippen molar-refractivity contribution in [2.75, 3.05) is 0 Å². The summed E-state index contributed by atoms with van der Waals surface area (Å²) >= 11 is 0. The number of benzene rings is 10. The average molecular weight is 919 g/mol. The summed E-state index contributed by atoms with van der Waals surface area (Å²) in [6, 6.07) is 86.9. The second-order valence-corrected chi connectivity index (χ2v) is 24.7. The first-order valence-corrected chi connectivity index (χ1v) is 27.2. The Kier molecular flexibility index (Phi) is 9.75. The molecule has 0 radical (unpaired) electrons. The molecule has 12 aromatic rings. The Morgan fingerprint density at radius 1 is 0.319 bits per heavy atom. The van der Waals surface area contributed by atoms with E-state index in [1.807, 2.05) is 108 Å². The van der Waals surface area contributed by atoms with Crippen molar-refractivity contribution in [3.63, 3.8) is 0 Å². The Bertz CT molecular complexity index is 3770. The van der Waals surface area contributed by atoms with Gasteiger partial charge in [-0.2, -0.15) is 9.97 Å². The van der Waals surface area contributed by atoms with Gasteiger partial charge in [-0.1, -0.05) is 267 Å². The van der Waals surface area contributed by atoms with Gasteiger partial charge in [0.05, 0.1) is 16.5 Å². The second-order valence-electron chi connectivity index (χ2n) is 17.2. The van der Waals surface area contributed by atoms with Crippen LogP contribution in [0.4, 0.5) is 0 Å². The topological polar surface area (TPSA) is 43.6 Å². The van der Waals surface area contributed by atoms with E-state index in [1.165, 1.54) is 15.6 Å². The largest absolute Gasteiger partial charge is 0.278 e. The number of aromatic nitrogens is 4. The molecule has 0 aliphatic carbocycles. The van der Waals surface area contributed by atoms with Gasteiger partial charge in [0, 0.05) is 21.9 Å². The van der Waals surface area contributed by atoms with Crippen LogP contribution in [-0.2, 0) is 0 Å². The van der Waals surface area contributed by atoms with Gasteiger partial charge in [-0.25, -0.2) is 4.98 Å². The Labute approximate surface area is 410 Å². The molecular formula is C63H46N4Si2. The molecule has 0 N–H and O–H groups in total. The number of hydrogen-bond acceptors (Lipinski definition) is 3. The van der Waals surface area contributed by atoms with Gasteiger partial charge < -0.3 is 0 Å². The predicted molar refractivity (Wildman–Crippen MR) is 292 cm³/mol.